The van der Waals surface area contributed by atoms with Crippen molar-refractivity contribution in [2.45, 2.75) is 58.7 Å². The van der Waals surface area contributed by atoms with Gasteiger partial charge in [0.05, 0.1) is 0 Å². The molecule has 3 aromatic rings. The lowest BCUT2D eigenvalue weighted by Gasteiger charge is -2.32. The van der Waals surface area contributed by atoms with E-state index in [1.807, 2.05) is 106 Å². The molecule has 0 aliphatic rings. The van der Waals surface area contributed by atoms with Gasteiger partial charge in [0, 0.05) is 25.4 Å². The molecule has 3 aromatic carbocycles. The third kappa shape index (κ3) is 7.31. The third-order valence-electron chi connectivity index (χ3n) is 5.77. The molecule has 0 aromatic heterocycles. The molecule has 0 bridgehead atoms. The minimum Gasteiger partial charge on any atom is -0.352 e. The van der Waals surface area contributed by atoms with Crippen LogP contribution in [0.25, 0.3) is 0 Å². The highest BCUT2D eigenvalue weighted by Gasteiger charge is 2.30. The first-order chi connectivity index (χ1) is 15.9. The summed E-state index contributed by atoms with van der Waals surface area (Å²) in [5.41, 5.74) is 4.32. The maximum atomic E-state index is 13.6. The van der Waals surface area contributed by atoms with Gasteiger partial charge in [-0.05, 0) is 49.4 Å². The van der Waals surface area contributed by atoms with Crippen molar-refractivity contribution in [2.75, 3.05) is 0 Å². The molecule has 4 nitrogen and oxygen atoms in total. The highest BCUT2D eigenvalue weighted by molar-refractivity contribution is 5.88. The predicted molar refractivity (Wildman–Crippen MR) is 134 cm³/mol. The van der Waals surface area contributed by atoms with Crippen LogP contribution in [0.3, 0.4) is 0 Å². The number of benzene rings is 3. The number of carbonyl (C=O) groups excluding carboxylic acids is 2. The summed E-state index contributed by atoms with van der Waals surface area (Å²) in [5, 5.41) is 3.04. The fourth-order valence-electron chi connectivity index (χ4n) is 3.95. The van der Waals surface area contributed by atoms with Gasteiger partial charge < -0.3 is 10.2 Å². The Labute approximate surface area is 197 Å². The van der Waals surface area contributed by atoms with Crippen LogP contribution in [0.5, 0.6) is 0 Å². The van der Waals surface area contributed by atoms with Crippen LogP contribution in [0.2, 0.25) is 0 Å². The molecule has 0 saturated heterocycles. The van der Waals surface area contributed by atoms with E-state index in [2.05, 4.69) is 5.32 Å². The first-order valence-corrected chi connectivity index (χ1v) is 11.7. The monoisotopic (exact) mass is 442 g/mol. The number of nitrogens with one attached hydrogen (secondary N) is 1. The summed E-state index contributed by atoms with van der Waals surface area (Å²) in [6.07, 6.45) is 1.48. The van der Waals surface area contributed by atoms with E-state index in [4.69, 9.17) is 0 Å². The topological polar surface area (TPSA) is 49.4 Å². The molecule has 172 valence electrons. The summed E-state index contributed by atoms with van der Waals surface area (Å²) in [6, 6.07) is 27.4. The highest BCUT2D eigenvalue weighted by atomic mass is 16.2. The first kappa shape index (κ1) is 24.2. The van der Waals surface area contributed by atoms with Crippen molar-refractivity contribution in [2.24, 2.45) is 0 Å². The second kappa shape index (κ2) is 12.0. The van der Waals surface area contributed by atoms with Crippen molar-refractivity contribution in [3.05, 3.63) is 107 Å². The predicted octanol–water partition coefficient (Wildman–Crippen LogP) is 5.09. The highest BCUT2D eigenvalue weighted by Crippen LogP contribution is 2.19. The summed E-state index contributed by atoms with van der Waals surface area (Å²) in [5.74, 6) is -0.127. The van der Waals surface area contributed by atoms with E-state index >= 15 is 0 Å². The number of amides is 2. The average Bonchev–Trinajstić information content (AvgIpc) is 2.81. The Kier molecular flexibility index (Phi) is 8.82. The maximum Gasteiger partial charge on any atom is 0.243 e. The number of carbonyl (C=O) groups is 2. The summed E-state index contributed by atoms with van der Waals surface area (Å²) in [4.78, 5) is 28.7. The van der Waals surface area contributed by atoms with E-state index < -0.39 is 6.04 Å². The Balaban J connectivity index is 1.91. The fourth-order valence-corrected chi connectivity index (χ4v) is 3.95. The van der Waals surface area contributed by atoms with Gasteiger partial charge in [-0.2, -0.15) is 0 Å². The Morgan fingerprint density at radius 2 is 1.39 bits per heavy atom. The van der Waals surface area contributed by atoms with Crippen LogP contribution in [-0.4, -0.2) is 28.8 Å². The summed E-state index contributed by atoms with van der Waals surface area (Å²) in [6.45, 7) is 6.34. The molecule has 0 saturated carbocycles. The molecule has 0 aliphatic carbocycles. The molecule has 0 fully saturated rings. The van der Waals surface area contributed by atoms with Crippen molar-refractivity contribution in [1.82, 2.24) is 10.2 Å². The molecule has 0 radical (unpaired) electrons. The van der Waals surface area contributed by atoms with Gasteiger partial charge in [-0.1, -0.05) is 84.9 Å². The molecule has 4 heteroatoms. The Morgan fingerprint density at radius 3 is 2.00 bits per heavy atom. The molecule has 0 aliphatic heterocycles. The normalized spacial score (nSPS) is 11.8. The molecule has 3 rings (SSSR count). The second-order valence-corrected chi connectivity index (χ2v) is 8.80. The zero-order chi connectivity index (χ0) is 23.6. The smallest absolute Gasteiger partial charge is 0.243 e. The quantitative estimate of drug-likeness (QED) is 0.475. The number of rotatable bonds is 10. The van der Waals surface area contributed by atoms with E-state index in [9.17, 15) is 9.59 Å². The lowest BCUT2D eigenvalue weighted by Crippen LogP contribution is -2.51. The van der Waals surface area contributed by atoms with E-state index in [1.165, 1.54) is 0 Å². The largest absolute Gasteiger partial charge is 0.352 e. The minimum absolute atomic E-state index is 0.00416. The van der Waals surface area contributed by atoms with E-state index in [1.54, 1.807) is 4.90 Å². The van der Waals surface area contributed by atoms with Crippen molar-refractivity contribution >= 4 is 11.8 Å². The Bertz CT molecular complexity index is 1030. The zero-order valence-corrected chi connectivity index (χ0v) is 19.8. The van der Waals surface area contributed by atoms with Gasteiger partial charge in [0.25, 0.3) is 0 Å². The van der Waals surface area contributed by atoms with Crippen LogP contribution in [0.1, 0.15) is 42.5 Å². The van der Waals surface area contributed by atoms with Crippen LogP contribution in [0, 0.1) is 6.92 Å². The first-order valence-electron chi connectivity index (χ1n) is 11.7. The average molecular weight is 443 g/mol. The van der Waals surface area contributed by atoms with Gasteiger partial charge in [-0.3, -0.25) is 9.59 Å². The maximum absolute atomic E-state index is 13.6. The number of nitrogens with zero attached hydrogens (tertiary/aromatic N) is 1. The van der Waals surface area contributed by atoms with Crippen molar-refractivity contribution in [3.8, 4) is 0 Å². The molecule has 2 amide bonds. The van der Waals surface area contributed by atoms with E-state index in [0.717, 1.165) is 22.3 Å². The van der Waals surface area contributed by atoms with Crippen LogP contribution in [-0.2, 0) is 29.0 Å². The van der Waals surface area contributed by atoms with Gasteiger partial charge >= 0.3 is 0 Å². The lowest BCUT2D eigenvalue weighted by molar-refractivity contribution is -0.141. The van der Waals surface area contributed by atoms with Gasteiger partial charge in [0.1, 0.15) is 6.04 Å². The van der Waals surface area contributed by atoms with Gasteiger partial charge in [-0.15, -0.1) is 0 Å². The van der Waals surface area contributed by atoms with Gasteiger partial charge in [0.15, 0.2) is 0 Å². The number of hydrogen-bond donors (Lipinski definition) is 1. The summed E-state index contributed by atoms with van der Waals surface area (Å²) >= 11 is 0. The van der Waals surface area contributed by atoms with Gasteiger partial charge in [0.2, 0.25) is 11.8 Å². The van der Waals surface area contributed by atoms with Crippen molar-refractivity contribution in [1.29, 1.82) is 0 Å². The van der Waals surface area contributed by atoms with E-state index in [0.29, 0.717) is 25.8 Å². The molecule has 33 heavy (non-hydrogen) atoms. The zero-order valence-electron chi connectivity index (χ0n) is 19.8. The van der Waals surface area contributed by atoms with Gasteiger partial charge in [-0.25, -0.2) is 0 Å². The summed E-state index contributed by atoms with van der Waals surface area (Å²) in [7, 11) is 0. The Hall–Kier alpha value is -3.40. The van der Waals surface area contributed by atoms with Crippen molar-refractivity contribution < 1.29 is 9.59 Å². The fraction of sp³-hybridized carbons (Fsp3) is 0.310. The van der Waals surface area contributed by atoms with Crippen LogP contribution < -0.4 is 5.32 Å². The molecule has 1 unspecified atom stereocenters. The molecule has 1 N–H and O–H groups in total. The standard InChI is InChI=1S/C29H34N2O2/c1-22(2)30-29(33)27(20-25-15-8-5-9-16-25)31(21-26-17-11-10-12-23(26)3)28(32)19-18-24-13-6-4-7-14-24/h4-17,22,27H,18-21H2,1-3H3,(H,30,33). The summed E-state index contributed by atoms with van der Waals surface area (Å²) < 4.78 is 0. The minimum atomic E-state index is -0.585. The molecule has 0 heterocycles. The number of aryl methyl sites for hydroxylation is 2. The van der Waals surface area contributed by atoms with Crippen LogP contribution in [0.15, 0.2) is 84.9 Å². The molecular formula is C29H34N2O2. The lowest BCUT2D eigenvalue weighted by atomic mass is 10.00. The SMILES string of the molecule is Cc1ccccc1CN(C(=O)CCc1ccccc1)C(Cc1ccccc1)C(=O)NC(C)C. The van der Waals surface area contributed by atoms with Crippen LogP contribution in [0.4, 0.5) is 0 Å². The molecular weight excluding hydrogens is 408 g/mol. The Morgan fingerprint density at radius 1 is 0.818 bits per heavy atom. The third-order valence-corrected chi connectivity index (χ3v) is 5.77. The van der Waals surface area contributed by atoms with Crippen molar-refractivity contribution in [3.63, 3.8) is 0 Å². The molecule has 1 atom stereocenters. The van der Waals surface area contributed by atoms with Crippen LogP contribution >= 0.6 is 0 Å². The second-order valence-electron chi connectivity index (χ2n) is 8.80. The number of hydrogen-bond acceptors (Lipinski definition) is 2. The molecule has 0 spiro atoms. The van der Waals surface area contributed by atoms with E-state index in [-0.39, 0.29) is 17.9 Å².